The fourth-order valence-corrected chi connectivity index (χ4v) is 5.06. The van der Waals surface area contributed by atoms with Crippen molar-refractivity contribution in [1.29, 1.82) is 0 Å². The maximum Gasteiger partial charge on any atom is 0.291 e. The molecule has 0 atom stereocenters. The first kappa shape index (κ1) is 23.5. The Balaban J connectivity index is 1.26. The second-order valence-electron chi connectivity index (χ2n) is 7.78. The number of amides is 2. The molecular formula is C24H25N3O6S. The molecule has 178 valence electrons. The number of benzene rings is 2. The topological polar surface area (TPSA) is 118 Å². The van der Waals surface area contributed by atoms with E-state index in [0.29, 0.717) is 30.2 Å². The van der Waals surface area contributed by atoms with Crippen molar-refractivity contribution in [2.75, 3.05) is 30.3 Å². The summed E-state index contributed by atoms with van der Waals surface area (Å²) in [5.74, 6) is -0.0992. The van der Waals surface area contributed by atoms with Gasteiger partial charge >= 0.3 is 0 Å². The molecule has 1 saturated heterocycles. The van der Waals surface area contributed by atoms with E-state index >= 15 is 0 Å². The lowest BCUT2D eigenvalue weighted by molar-refractivity contribution is -0.118. The third kappa shape index (κ3) is 5.83. The monoisotopic (exact) mass is 483 g/mol. The Hall–Kier alpha value is -3.63. The van der Waals surface area contributed by atoms with Crippen LogP contribution in [0.2, 0.25) is 0 Å². The van der Waals surface area contributed by atoms with E-state index in [2.05, 4.69) is 10.6 Å². The van der Waals surface area contributed by atoms with Crippen molar-refractivity contribution >= 4 is 33.2 Å². The predicted molar refractivity (Wildman–Crippen MR) is 126 cm³/mol. The average Bonchev–Trinajstić information content (AvgIpc) is 3.40. The van der Waals surface area contributed by atoms with Crippen molar-refractivity contribution in [3.05, 3.63) is 72.7 Å². The summed E-state index contributed by atoms with van der Waals surface area (Å²) >= 11 is 0. The van der Waals surface area contributed by atoms with E-state index in [9.17, 15) is 18.0 Å². The van der Waals surface area contributed by atoms with Gasteiger partial charge in [-0.15, -0.1) is 0 Å². The highest BCUT2D eigenvalue weighted by Gasteiger charge is 2.25. The molecule has 0 aliphatic carbocycles. The Kier molecular flexibility index (Phi) is 7.29. The van der Waals surface area contributed by atoms with E-state index < -0.39 is 10.0 Å². The summed E-state index contributed by atoms with van der Waals surface area (Å²) in [5, 5.41) is 5.38. The second-order valence-corrected chi connectivity index (χ2v) is 9.72. The van der Waals surface area contributed by atoms with Gasteiger partial charge in [-0.2, -0.15) is 4.31 Å². The van der Waals surface area contributed by atoms with Gasteiger partial charge in [0.2, 0.25) is 10.0 Å². The third-order valence-electron chi connectivity index (χ3n) is 5.32. The zero-order chi connectivity index (χ0) is 24.0. The number of nitrogens with zero attached hydrogens (tertiary/aromatic N) is 1. The SMILES string of the molecule is O=C(COc1ccc(NC(=O)c2ccco2)cc1)Nc1ccc(S(=O)(=O)N2CCCCC2)cc1. The van der Waals surface area contributed by atoms with Crippen molar-refractivity contribution in [2.45, 2.75) is 24.2 Å². The molecule has 1 fully saturated rings. The summed E-state index contributed by atoms with van der Waals surface area (Å²) in [6, 6.07) is 15.9. The van der Waals surface area contributed by atoms with Gasteiger partial charge in [-0.1, -0.05) is 6.42 Å². The molecule has 9 nitrogen and oxygen atoms in total. The third-order valence-corrected chi connectivity index (χ3v) is 7.23. The number of nitrogens with one attached hydrogen (secondary N) is 2. The molecule has 1 aromatic heterocycles. The van der Waals surface area contributed by atoms with E-state index in [4.69, 9.17) is 9.15 Å². The van der Waals surface area contributed by atoms with E-state index in [1.54, 1.807) is 48.5 Å². The average molecular weight is 484 g/mol. The molecule has 4 rings (SSSR count). The number of hydrogen-bond acceptors (Lipinski definition) is 6. The molecule has 2 N–H and O–H groups in total. The van der Waals surface area contributed by atoms with E-state index in [1.807, 2.05) is 0 Å². The number of ether oxygens (including phenoxy) is 1. The zero-order valence-electron chi connectivity index (χ0n) is 18.4. The molecule has 1 aliphatic rings. The lowest BCUT2D eigenvalue weighted by Crippen LogP contribution is -2.35. The van der Waals surface area contributed by atoms with Crippen molar-refractivity contribution in [3.63, 3.8) is 0 Å². The van der Waals surface area contributed by atoms with Crippen molar-refractivity contribution in [3.8, 4) is 5.75 Å². The smallest absolute Gasteiger partial charge is 0.291 e. The van der Waals surface area contributed by atoms with Crippen LogP contribution in [0.15, 0.2) is 76.2 Å². The van der Waals surface area contributed by atoms with E-state index in [1.165, 1.54) is 22.7 Å². The van der Waals surface area contributed by atoms with E-state index in [0.717, 1.165) is 19.3 Å². The molecule has 10 heteroatoms. The number of piperidine rings is 1. The molecule has 0 bridgehead atoms. The summed E-state index contributed by atoms with van der Waals surface area (Å²) in [6.45, 7) is 0.844. The lowest BCUT2D eigenvalue weighted by Gasteiger charge is -2.25. The zero-order valence-corrected chi connectivity index (χ0v) is 19.2. The molecule has 1 aliphatic heterocycles. The van der Waals surface area contributed by atoms with Crippen LogP contribution in [0, 0.1) is 0 Å². The number of sulfonamides is 1. The number of rotatable bonds is 8. The van der Waals surface area contributed by atoms with Crippen molar-refractivity contribution in [1.82, 2.24) is 4.31 Å². The molecule has 2 aromatic carbocycles. The Morgan fingerprint density at radius 1 is 0.882 bits per heavy atom. The lowest BCUT2D eigenvalue weighted by atomic mass is 10.2. The number of furan rings is 1. The standard InChI is InChI=1S/C24H25N3O6S/c28-23(17-33-20-10-6-19(7-11-20)26-24(29)22-5-4-16-32-22)25-18-8-12-21(13-9-18)34(30,31)27-14-2-1-3-15-27/h4-13,16H,1-3,14-15,17H2,(H,25,28)(H,26,29). The van der Waals surface area contributed by atoms with Gasteiger partial charge in [-0.3, -0.25) is 9.59 Å². The van der Waals surface area contributed by atoms with Crippen molar-refractivity contribution in [2.24, 2.45) is 0 Å². The minimum atomic E-state index is -3.51. The van der Waals surface area contributed by atoms with Crippen LogP contribution < -0.4 is 15.4 Å². The maximum absolute atomic E-state index is 12.7. The van der Waals surface area contributed by atoms with Crippen LogP contribution in [0.4, 0.5) is 11.4 Å². The Bertz CT molecular complexity index is 1220. The number of carbonyl (C=O) groups is 2. The van der Waals surface area contributed by atoms with Crippen LogP contribution in [0.5, 0.6) is 5.75 Å². The number of hydrogen-bond donors (Lipinski definition) is 2. The number of carbonyl (C=O) groups excluding carboxylic acids is 2. The molecule has 0 spiro atoms. The summed E-state index contributed by atoms with van der Waals surface area (Å²) in [7, 11) is -3.51. The van der Waals surface area contributed by atoms with Crippen LogP contribution in [0.25, 0.3) is 0 Å². The molecule has 0 unspecified atom stereocenters. The second kappa shape index (κ2) is 10.5. The minimum Gasteiger partial charge on any atom is -0.484 e. The molecule has 3 aromatic rings. The fourth-order valence-electron chi connectivity index (χ4n) is 3.55. The molecule has 2 heterocycles. The molecular weight excluding hydrogens is 458 g/mol. The quantitative estimate of drug-likeness (QED) is 0.504. The van der Waals surface area contributed by atoms with Gasteiger partial charge in [0.15, 0.2) is 12.4 Å². The minimum absolute atomic E-state index is 0.203. The first-order chi connectivity index (χ1) is 16.4. The molecule has 34 heavy (non-hydrogen) atoms. The van der Waals surface area contributed by atoms with Crippen molar-refractivity contribution < 1.29 is 27.2 Å². The van der Waals surface area contributed by atoms with Gasteiger partial charge in [-0.25, -0.2) is 8.42 Å². The highest BCUT2D eigenvalue weighted by Crippen LogP contribution is 2.22. The van der Waals surface area contributed by atoms with Gasteiger partial charge in [0, 0.05) is 24.5 Å². The first-order valence-electron chi connectivity index (χ1n) is 10.9. The van der Waals surface area contributed by atoms with Crippen LogP contribution in [0.1, 0.15) is 29.8 Å². The largest absolute Gasteiger partial charge is 0.484 e. The predicted octanol–water partition coefficient (Wildman–Crippen LogP) is 3.72. The van der Waals surface area contributed by atoms with Gasteiger partial charge in [0.25, 0.3) is 11.8 Å². The fraction of sp³-hybridized carbons (Fsp3) is 0.250. The molecule has 0 radical (unpaired) electrons. The normalized spacial score (nSPS) is 14.4. The molecule has 0 saturated carbocycles. The highest BCUT2D eigenvalue weighted by molar-refractivity contribution is 7.89. The Morgan fingerprint density at radius 3 is 2.18 bits per heavy atom. The Morgan fingerprint density at radius 2 is 1.53 bits per heavy atom. The van der Waals surface area contributed by atoms with Gasteiger partial charge in [-0.05, 0) is 73.5 Å². The van der Waals surface area contributed by atoms with Crippen LogP contribution in [-0.4, -0.2) is 44.2 Å². The highest BCUT2D eigenvalue weighted by atomic mass is 32.2. The van der Waals surface area contributed by atoms with Crippen LogP contribution in [-0.2, 0) is 14.8 Å². The summed E-state index contributed by atoms with van der Waals surface area (Å²) < 4.78 is 37.5. The van der Waals surface area contributed by atoms with Crippen LogP contribution >= 0.6 is 0 Å². The van der Waals surface area contributed by atoms with Crippen LogP contribution in [0.3, 0.4) is 0 Å². The number of anilines is 2. The maximum atomic E-state index is 12.7. The summed E-state index contributed by atoms with van der Waals surface area (Å²) in [6.07, 6.45) is 4.21. The van der Waals surface area contributed by atoms with Gasteiger partial charge in [0.05, 0.1) is 11.2 Å². The van der Waals surface area contributed by atoms with Gasteiger partial charge in [0.1, 0.15) is 5.75 Å². The Labute approximate surface area is 197 Å². The van der Waals surface area contributed by atoms with Gasteiger partial charge < -0.3 is 19.8 Å². The summed E-state index contributed by atoms with van der Waals surface area (Å²) in [5.41, 5.74) is 1.03. The molecule has 2 amide bonds. The first-order valence-corrected chi connectivity index (χ1v) is 12.3. The van der Waals surface area contributed by atoms with E-state index in [-0.39, 0.29) is 29.1 Å². The summed E-state index contributed by atoms with van der Waals surface area (Å²) in [4.78, 5) is 24.4.